The number of hydrogen-bond acceptors (Lipinski definition) is 2. The van der Waals surface area contributed by atoms with Crippen LogP contribution in [0.25, 0.3) is 0 Å². The van der Waals surface area contributed by atoms with Crippen molar-refractivity contribution in [2.24, 2.45) is 0 Å². The van der Waals surface area contributed by atoms with E-state index in [2.05, 4.69) is 82.1 Å². The molecule has 1 atom stereocenters. The van der Waals surface area contributed by atoms with Crippen LogP contribution >= 0.6 is 15.9 Å². The molecule has 4 heteroatoms. The summed E-state index contributed by atoms with van der Waals surface area (Å²) in [5.74, 6) is 0. The molecular formula is C16H22BrN3. The Balaban J connectivity index is 2.31. The van der Waals surface area contributed by atoms with Gasteiger partial charge in [-0.1, -0.05) is 37.3 Å². The highest BCUT2D eigenvalue weighted by Crippen LogP contribution is 2.28. The molecule has 0 spiro atoms. The van der Waals surface area contributed by atoms with Crippen LogP contribution in [0.2, 0.25) is 0 Å². The molecule has 20 heavy (non-hydrogen) atoms. The molecule has 1 N–H and O–H groups in total. The molecule has 1 aromatic heterocycles. The zero-order valence-electron chi connectivity index (χ0n) is 12.3. The first kappa shape index (κ1) is 15.3. The Kier molecular flexibility index (Phi) is 5.38. The van der Waals surface area contributed by atoms with Crippen LogP contribution in [0, 0.1) is 0 Å². The van der Waals surface area contributed by atoms with E-state index in [-0.39, 0.29) is 6.04 Å². The largest absolute Gasteiger partial charge is 0.309 e. The van der Waals surface area contributed by atoms with E-state index in [0.717, 1.165) is 17.4 Å². The Morgan fingerprint density at radius 2 is 1.95 bits per heavy atom. The average Bonchev–Trinajstić information content (AvgIpc) is 2.81. The van der Waals surface area contributed by atoms with Gasteiger partial charge in [0.1, 0.15) is 0 Å². The summed E-state index contributed by atoms with van der Waals surface area (Å²) in [6.07, 6.45) is 2.86. The van der Waals surface area contributed by atoms with Gasteiger partial charge in [-0.05, 0) is 48.3 Å². The van der Waals surface area contributed by atoms with Crippen LogP contribution in [-0.2, 0) is 6.42 Å². The number of likely N-dealkylation sites (N-methyl/N-ethyl adjacent to an activating group) is 1. The van der Waals surface area contributed by atoms with Crippen LogP contribution in [-0.4, -0.2) is 16.3 Å². The lowest BCUT2D eigenvalue weighted by Gasteiger charge is -2.22. The van der Waals surface area contributed by atoms with Gasteiger partial charge in [0.15, 0.2) is 0 Å². The normalized spacial score (nSPS) is 12.8. The van der Waals surface area contributed by atoms with E-state index in [9.17, 15) is 0 Å². The quantitative estimate of drug-likeness (QED) is 0.860. The van der Waals surface area contributed by atoms with Gasteiger partial charge < -0.3 is 5.32 Å². The summed E-state index contributed by atoms with van der Waals surface area (Å²) in [7, 11) is 0. The van der Waals surface area contributed by atoms with Gasteiger partial charge in [-0.3, -0.25) is 4.68 Å². The fraction of sp³-hybridized carbons (Fsp3) is 0.438. The van der Waals surface area contributed by atoms with Gasteiger partial charge in [0.2, 0.25) is 0 Å². The van der Waals surface area contributed by atoms with E-state index >= 15 is 0 Å². The van der Waals surface area contributed by atoms with Crippen molar-refractivity contribution in [2.45, 2.75) is 39.3 Å². The molecule has 1 unspecified atom stereocenters. The first-order valence-electron chi connectivity index (χ1n) is 7.13. The maximum atomic E-state index is 4.49. The zero-order valence-corrected chi connectivity index (χ0v) is 13.9. The minimum absolute atomic E-state index is 0.265. The Morgan fingerprint density at radius 1 is 1.25 bits per heavy atom. The van der Waals surface area contributed by atoms with Crippen molar-refractivity contribution in [1.29, 1.82) is 0 Å². The molecule has 0 fully saturated rings. The number of nitrogens with zero attached hydrogens (tertiary/aromatic N) is 2. The molecule has 108 valence electrons. The van der Waals surface area contributed by atoms with Gasteiger partial charge in [-0.25, -0.2) is 0 Å². The molecule has 1 aromatic carbocycles. The van der Waals surface area contributed by atoms with E-state index in [0.29, 0.717) is 6.04 Å². The molecule has 0 aliphatic heterocycles. The van der Waals surface area contributed by atoms with Crippen LogP contribution in [0.3, 0.4) is 0 Å². The highest BCUT2D eigenvalue weighted by molar-refractivity contribution is 9.10. The number of halogens is 1. The van der Waals surface area contributed by atoms with Crippen LogP contribution in [0.4, 0.5) is 0 Å². The molecule has 0 amide bonds. The molecule has 1 heterocycles. The lowest BCUT2D eigenvalue weighted by Crippen LogP contribution is -2.26. The Bertz CT molecular complexity index is 534. The first-order chi connectivity index (χ1) is 9.63. The summed E-state index contributed by atoms with van der Waals surface area (Å²) >= 11 is 3.65. The molecule has 0 radical (unpaired) electrons. The van der Waals surface area contributed by atoms with E-state index in [1.807, 2.05) is 6.20 Å². The second-order valence-corrected chi connectivity index (χ2v) is 6.07. The van der Waals surface area contributed by atoms with Crippen molar-refractivity contribution in [3.05, 3.63) is 52.3 Å². The third-order valence-corrected chi connectivity index (χ3v) is 3.95. The van der Waals surface area contributed by atoms with Gasteiger partial charge in [0.25, 0.3) is 0 Å². The van der Waals surface area contributed by atoms with Gasteiger partial charge >= 0.3 is 0 Å². The standard InChI is InChI=1S/C16H22BrN3/c1-4-18-15(10-13-8-6-5-7-9-13)16-14(17)11-19-20(16)12(2)3/h5-9,11-12,15,18H,4,10H2,1-3H3. The maximum Gasteiger partial charge on any atom is 0.0702 e. The maximum absolute atomic E-state index is 4.49. The van der Waals surface area contributed by atoms with E-state index in [1.165, 1.54) is 11.3 Å². The second kappa shape index (κ2) is 7.04. The minimum atomic E-state index is 0.265. The highest BCUT2D eigenvalue weighted by atomic mass is 79.9. The number of hydrogen-bond donors (Lipinski definition) is 1. The number of aromatic nitrogens is 2. The Labute approximate surface area is 129 Å². The highest BCUT2D eigenvalue weighted by Gasteiger charge is 2.21. The summed E-state index contributed by atoms with van der Waals surface area (Å²) in [4.78, 5) is 0. The summed E-state index contributed by atoms with van der Waals surface area (Å²) in [5, 5.41) is 8.07. The van der Waals surface area contributed by atoms with Crippen molar-refractivity contribution in [3.63, 3.8) is 0 Å². The summed E-state index contributed by atoms with van der Waals surface area (Å²) < 4.78 is 3.17. The van der Waals surface area contributed by atoms with Gasteiger partial charge in [-0.2, -0.15) is 5.10 Å². The molecular weight excluding hydrogens is 314 g/mol. The summed E-state index contributed by atoms with van der Waals surface area (Å²) in [6, 6.07) is 11.2. The third-order valence-electron chi connectivity index (χ3n) is 3.34. The molecule has 0 aliphatic rings. The van der Waals surface area contributed by atoms with Crippen LogP contribution in [0.5, 0.6) is 0 Å². The van der Waals surface area contributed by atoms with Crippen molar-refractivity contribution < 1.29 is 0 Å². The fourth-order valence-corrected chi connectivity index (χ4v) is 3.00. The van der Waals surface area contributed by atoms with Crippen molar-refractivity contribution >= 4 is 15.9 Å². The van der Waals surface area contributed by atoms with Crippen LogP contribution in [0.15, 0.2) is 41.0 Å². The molecule has 0 aliphatic carbocycles. The molecule has 0 saturated carbocycles. The average molecular weight is 336 g/mol. The van der Waals surface area contributed by atoms with E-state index in [4.69, 9.17) is 0 Å². The van der Waals surface area contributed by atoms with Gasteiger partial charge in [0, 0.05) is 6.04 Å². The summed E-state index contributed by atoms with van der Waals surface area (Å²) in [6.45, 7) is 7.40. The Hall–Kier alpha value is -1.13. The fourth-order valence-electron chi connectivity index (χ4n) is 2.45. The predicted molar refractivity (Wildman–Crippen MR) is 86.9 cm³/mol. The number of rotatable bonds is 6. The van der Waals surface area contributed by atoms with Crippen molar-refractivity contribution in [2.75, 3.05) is 6.54 Å². The molecule has 0 bridgehead atoms. The van der Waals surface area contributed by atoms with Crippen LogP contribution in [0.1, 0.15) is 44.1 Å². The van der Waals surface area contributed by atoms with Gasteiger partial charge in [-0.15, -0.1) is 0 Å². The van der Waals surface area contributed by atoms with Crippen LogP contribution < -0.4 is 5.32 Å². The van der Waals surface area contributed by atoms with Crippen molar-refractivity contribution in [3.8, 4) is 0 Å². The molecule has 2 aromatic rings. The second-order valence-electron chi connectivity index (χ2n) is 5.22. The first-order valence-corrected chi connectivity index (χ1v) is 7.93. The number of nitrogens with one attached hydrogen (secondary N) is 1. The zero-order chi connectivity index (χ0) is 14.5. The smallest absolute Gasteiger partial charge is 0.0702 e. The van der Waals surface area contributed by atoms with E-state index in [1.54, 1.807) is 0 Å². The molecule has 3 nitrogen and oxygen atoms in total. The van der Waals surface area contributed by atoms with E-state index < -0.39 is 0 Å². The predicted octanol–water partition coefficient (Wildman–Crippen LogP) is 4.12. The molecule has 0 saturated heterocycles. The monoisotopic (exact) mass is 335 g/mol. The minimum Gasteiger partial charge on any atom is -0.309 e. The lowest BCUT2D eigenvalue weighted by molar-refractivity contribution is 0.446. The lowest BCUT2D eigenvalue weighted by atomic mass is 10.0. The topological polar surface area (TPSA) is 29.9 Å². The van der Waals surface area contributed by atoms with Crippen molar-refractivity contribution in [1.82, 2.24) is 15.1 Å². The SMILES string of the molecule is CCNC(Cc1ccccc1)c1c(Br)cnn1C(C)C. The van der Waals surface area contributed by atoms with Gasteiger partial charge in [0.05, 0.1) is 22.4 Å². The number of benzene rings is 1. The third kappa shape index (κ3) is 3.49. The summed E-state index contributed by atoms with van der Waals surface area (Å²) in [5.41, 5.74) is 2.56. The Morgan fingerprint density at radius 3 is 2.55 bits per heavy atom. The molecule has 2 rings (SSSR count).